The van der Waals surface area contributed by atoms with E-state index in [1.165, 1.54) is 0 Å². The Morgan fingerprint density at radius 1 is 1.32 bits per heavy atom. The number of carbonyl (C=O) groups excluding carboxylic acids is 1. The molecule has 0 saturated heterocycles. The molecule has 98 valence electrons. The van der Waals surface area contributed by atoms with Gasteiger partial charge in [-0.05, 0) is 36.1 Å². The van der Waals surface area contributed by atoms with Crippen molar-refractivity contribution in [3.8, 4) is 5.75 Å². The van der Waals surface area contributed by atoms with Gasteiger partial charge in [-0.2, -0.15) is 0 Å². The van der Waals surface area contributed by atoms with Gasteiger partial charge in [0, 0.05) is 5.39 Å². The Hall–Kier alpha value is -2.29. The van der Waals surface area contributed by atoms with E-state index < -0.39 is 0 Å². The molecule has 0 amide bonds. The Morgan fingerprint density at radius 2 is 2.11 bits per heavy atom. The Balaban J connectivity index is 2.60. The van der Waals surface area contributed by atoms with Crippen LogP contribution in [0.2, 0.25) is 0 Å². The zero-order valence-corrected chi connectivity index (χ0v) is 11.1. The number of methoxy groups -OCH3 is 1. The largest absolute Gasteiger partial charge is 0.496 e. The van der Waals surface area contributed by atoms with E-state index in [0.717, 1.165) is 16.3 Å². The molecular weight excluding hydrogens is 240 g/mol. The van der Waals surface area contributed by atoms with Gasteiger partial charge in [0.15, 0.2) is 0 Å². The molecule has 0 aliphatic carbocycles. The topological polar surface area (TPSA) is 35.5 Å². The lowest BCUT2D eigenvalue weighted by molar-refractivity contribution is 0.0526. The van der Waals surface area contributed by atoms with Crippen LogP contribution in [-0.4, -0.2) is 19.7 Å². The lowest BCUT2D eigenvalue weighted by Gasteiger charge is -2.09. The summed E-state index contributed by atoms with van der Waals surface area (Å²) < 4.78 is 10.4. The number of hydrogen-bond donors (Lipinski definition) is 0. The molecule has 0 aliphatic heterocycles. The van der Waals surface area contributed by atoms with Crippen LogP contribution < -0.4 is 4.74 Å². The van der Waals surface area contributed by atoms with Crippen molar-refractivity contribution < 1.29 is 14.3 Å². The van der Waals surface area contributed by atoms with Crippen LogP contribution in [0.5, 0.6) is 5.75 Å². The minimum Gasteiger partial charge on any atom is -0.496 e. The average molecular weight is 256 g/mol. The van der Waals surface area contributed by atoms with E-state index >= 15 is 0 Å². The van der Waals surface area contributed by atoms with Crippen LogP contribution >= 0.6 is 0 Å². The van der Waals surface area contributed by atoms with Gasteiger partial charge in [-0.3, -0.25) is 0 Å². The fourth-order valence-corrected chi connectivity index (χ4v) is 1.97. The highest BCUT2D eigenvalue weighted by Gasteiger charge is 2.11. The molecule has 0 aromatic heterocycles. The molecule has 0 N–H and O–H groups in total. The summed E-state index contributed by atoms with van der Waals surface area (Å²) in [7, 11) is 1.59. The minimum atomic E-state index is -0.338. The molecule has 0 bridgehead atoms. The first-order valence-corrected chi connectivity index (χ1v) is 6.11. The summed E-state index contributed by atoms with van der Waals surface area (Å²) >= 11 is 0. The van der Waals surface area contributed by atoms with Gasteiger partial charge in [0.25, 0.3) is 0 Å². The second-order valence-corrected chi connectivity index (χ2v) is 4.08. The quantitative estimate of drug-likeness (QED) is 0.783. The van der Waals surface area contributed by atoms with Crippen LogP contribution in [0.1, 0.15) is 22.8 Å². The highest BCUT2D eigenvalue weighted by Crippen LogP contribution is 2.29. The molecule has 3 heteroatoms. The Kier molecular flexibility index (Phi) is 3.85. The van der Waals surface area contributed by atoms with Crippen LogP contribution in [0.25, 0.3) is 16.8 Å². The minimum absolute atomic E-state index is 0.338. The standard InChI is InChI=1S/C16H16O3/c1-4-11-6-7-12-9-13(16(17)19-5-2)10-15(18-3)14(12)8-11/h4,6-10H,1,5H2,2-3H3. The summed E-state index contributed by atoms with van der Waals surface area (Å²) in [6, 6.07) is 9.38. The van der Waals surface area contributed by atoms with E-state index in [9.17, 15) is 4.79 Å². The number of ether oxygens (including phenoxy) is 2. The van der Waals surface area contributed by atoms with Gasteiger partial charge in [-0.1, -0.05) is 24.8 Å². The van der Waals surface area contributed by atoms with Gasteiger partial charge >= 0.3 is 5.97 Å². The third-order valence-electron chi connectivity index (χ3n) is 2.91. The van der Waals surface area contributed by atoms with Crippen LogP contribution in [0.3, 0.4) is 0 Å². The SMILES string of the molecule is C=Cc1ccc2cc(C(=O)OCC)cc(OC)c2c1. The molecule has 0 atom stereocenters. The monoisotopic (exact) mass is 256 g/mol. The van der Waals surface area contributed by atoms with Crippen LogP contribution in [-0.2, 0) is 4.74 Å². The molecule has 0 heterocycles. The summed E-state index contributed by atoms with van der Waals surface area (Å²) in [6.45, 7) is 5.89. The second-order valence-electron chi connectivity index (χ2n) is 4.08. The molecule has 3 nitrogen and oxygen atoms in total. The van der Waals surface area contributed by atoms with E-state index in [2.05, 4.69) is 6.58 Å². The van der Waals surface area contributed by atoms with Crippen molar-refractivity contribution in [3.05, 3.63) is 48.0 Å². The third kappa shape index (κ3) is 2.60. The molecule has 2 aromatic rings. The predicted molar refractivity (Wildman–Crippen MR) is 76.5 cm³/mol. The van der Waals surface area contributed by atoms with Crippen LogP contribution in [0, 0.1) is 0 Å². The normalized spacial score (nSPS) is 10.2. The van der Waals surface area contributed by atoms with Crippen molar-refractivity contribution in [1.29, 1.82) is 0 Å². The van der Waals surface area contributed by atoms with Gasteiger partial charge in [0.05, 0.1) is 19.3 Å². The lowest BCUT2D eigenvalue weighted by Crippen LogP contribution is -2.05. The maximum atomic E-state index is 11.8. The van der Waals surface area contributed by atoms with Gasteiger partial charge in [0.2, 0.25) is 0 Å². The summed E-state index contributed by atoms with van der Waals surface area (Å²) in [4.78, 5) is 11.8. The van der Waals surface area contributed by atoms with E-state index in [1.807, 2.05) is 24.3 Å². The molecule has 0 aliphatic rings. The number of carbonyl (C=O) groups is 1. The molecular formula is C16H16O3. The first kappa shape index (κ1) is 13.1. The van der Waals surface area contributed by atoms with E-state index in [-0.39, 0.29) is 5.97 Å². The van der Waals surface area contributed by atoms with Crippen molar-refractivity contribution in [3.63, 3.8) is 0 Å². The van der Waals surface area contributed by atoms with Crippen LogP contribution in [0.15, 0.2) is 36.9 Å². The number of fused-ring (bicyclic) bond motifs is 1. The van der Waals surface area contributed by atoms with E-state index in [0.29, 0.717) is 17.9 Å². The van der Waals surface area contributed by atoms with Crippen molar-refractivity contribution >= 4 is 22.8 Å². The predicted octanol–water partition coefficient (Wildman–Crippen LogP) is 3.67. The Bertz CT molecular complexity index is 629. The van der Waals surface area contributed by atoms with Crippen molar-refractivity contribution in [1.82, 2.24) is 0 Å². The van der Waals surface area contributed by atoms with E-state index in [1.54, 1.807) is 26.2 Å². The molecule has 0 saturated carbocycles. The molecule has 2 rings (SSSR count). The first-order chi connectivity index (χ1) is 9.19. The molecule has 0 spiro atoms. The fraction of sp³-hybridized carbons (Fsp3) is 0.188. The summed E-state index contributed by atoms with van der Waals surface area (Å²) in [5.74, 6) is 0.319. The van der Waals surface area contributed by atoms with Gasteiger partial charge in [-0.25, -0.2) is 4.79 Å². The average Bonchev–Trinajstić information content (AvgIpc) is 2.45. The molecule has 0 unspecified atom stereocenters. The van der Waals surface area contributed by atoms with Crippen molar-refractivity contribution in [2.75, 3.05) is 13.7 Å². The number of esters is 1. The maximum absolute atomic E-state index is 11.8. The van der Waals surface area contributed by atoms with Gasteiger partial charge < -0.3 is 9.47 Å². The zero-order chi connectivity index (χ0) is 13.8. The summed E-state index contributed by atoms with van der Waals surface area (Å²) in [5, 5.41) is 1.89. The summed E-state index contributed by atoms with van der Waals surface area (Å²) in [6.07, 6.45) is 1.78. The molecule has 0 fully saturated rings. The lowest BCUT2D eigenvalue weighted by atomic mass is 10.0. The van der Waals surface area contributed by atoms with Crippen molar-refractivity contribution in [2.45, 2.75) is 6.92 Å². The van der Waals surface area contributed by atoms with Gasteiger partial charge in [-0.15, -0.1) is 0 Å². The highest BCUT2D eigenvalue weighted by atomic mass is 16.5. The molecule has 19 heavy (non-hydrogen) atoms. The molecule has 2 aromatic carbocycles. The fourth-order valence-electron chi connectivity index (χ4n) is 1.97. The van der Waals surface area contributed by atoms with Crippen LogP contribution in [0.4, 0.5) is 0 Å². The highest BCUT2D eigenvalue weighted by molar-refractivity contribution is 5.99. The van der Waals surface area contributed by atoms with Gasteiger partial charge in [0.1, 0.15) is 5.75 Å². The number of rotatable bonds is 4. The summed E-state index contributed by atoms with van der Waals surface area (Å²) in [5.41, 5.74) is 1.51. The van der Waals surface area contributed by atoms with Crippen molar-refractivity contribution in [2.24, 2.45) is 0 Å². The number of hydrogen-bond acceptors (Lipinski definition) is 3. The smallest absolute Gasteiger partial charge is 0.338 e. The maximum Gasteiger partial charge on any atom is 0.338 e. The number of benzene rings is 2. The Morgan fingerprint density at radius 3 is 2.74 bits per heavy atom. The second kappa shape index (κ2) is 5.57. The first-order valence-electron chi connectivity index (χ1n) is 6.11. The third-order valence-corrected chi connectivity index (χ3v) is 2.91. The van der Waals surface area contributed by atoms with E-state index in [4.69, 9.17) is 9.47 Å². The molecule has 0 radical (unpaired) electrons. The zero-order valence-electron chi connectivity index (χ0n) is 11.1. The Labute approximate surface area is 112 Å².